The average molecular weight is 787 g/mol. The molecule has 1 aromatic rings. The molecule has 2 saturated heterocycles. The molecule has 3 aliphatic rings. The van der Waals surface area contributed by atoms with Gasteiger partial charge in [-0.25, -0.2) is 9.59 Å². The number of allylic oxidation sites excluding steroid dienone is 3. The van der Waals surface area contributed by atoms with Crippen LogP contribution in [0.15, 0.2) is 35.9 Å². The zero-order chi connectivity index (χ0) is 38.2. The van der Waals surface area contributed by atoms with Crippen molar-refractivity contribution in [3.05, 3.63) is 46.5 Å². The standard InChI is InChI=1S/C36H51ClN2O11S2/c1-21-11-9-12-28(46-7)36(43)19-26(48-34(42)38-36)22(2)32-35(3,50-32)29(49-33(41)27(45-6)20-47-13-10-14-52-51-8)18-30(40)39(4)24-16-23(15-21)17-25(44-5)31(24)37/h9,11-12,16-17,22,26-29,32,43H,10,13-15,18-20H2,1-8H3,(H,38,42)/b12-9+,21-11+/t22-,26+,27?,28-,29+,32+,35+,36+/m1/s1. The summed E-state index contributed by atoms with van der Waals surface area (Å²) in [6, 6.07) is 3.61. The molecule has 0 saturated carbocycles. The van der Waals surface area contributed by atoms with E-state index in [0.717, 1.165) is 23.3 Å². The fraction of sp³-hybridized carbons (Fsp3) is 0.639. The first-order valence-corrected chi connectivity index (χ1v) is 20.2. The summed E-state index contributed by atoms with van der Waals surface area (Å²) in [7, 11) is 9.32. The first-order valence-electron chi connectivity index (χ1n) is 17.1. The van der Waals surface area contributed by atoms with Crippen molar-refractivity contribution in [2.75, 3.05) is 58.5 Å². The molecular weight excluding hydrogens is 736 g/mol. The van der Waals surface area contributed by atoms with Gasteiger partial charge in [-0.1, -0.05) is 63.9 Å². The quantitative estimate of drug-likeness (QED) is 0.125. The van der Waals surface area contributed by atoms with Crippen LogP contribution in [0.5, 0.6) is 5.75 Å². The molecule has 2 N–H and O–H groups in total. The summed E-state index contributed by atoms with van der Waals surface area (Å²) < 4.78 is 40.4. The molecule has 0 radical (unpaired) electrons. The third-order valence-electron chi connectivity index (χ3n) is 9.66. The summed E-state index contributed by atoms with van der Waals surface area (Å²) in [6.45, 7) is 5.89. The number of nitrogens with one attached hydrogen (secondary N) is 1. The summed E-state index contributed by atoms with van der Waals surface area (Å²) in [6.07, 6.45) is 2.91. The molecule has 4 rings (SSSR count). The highest BCUT2D eigenvalue weighted by Gasteiger charge is 2.64. The Morgan fingerprint density at radius 1 is 1.25 bits per heavy atom. The number of benzene rings is 1. The second kappa shape index (κ2) is 18.7. The maximum Gasteiger partial charge on any atom is 0.409 e. The monoisotopic (exact) mass is 786 g/mol. The number of carbonyl (C=O) groups excluding carboxylic acids is 3. The van der Waals surface area contributed by atoms with Gasteiger partial charge in [0.2, 0.25) is 5.91 Å². The Labute approximate surface area is 318 Å². The van der Waals surface area contributed by atoms with Crippen molar-refractivity contribution in [2.24, 2.45) is 5.92 Å². The van der Waals surface area contributed by atoms with Crippen molar-refractivity contribution in [2.45, 2.75) is 88.3 Å². The van der Waals surface area contributed by atoms with Crippen molar-refractivity contribution >= 4 is 56.8 Å². The molecule has 0 aromatic heterocycles. The fourth-order valence-electron chi connectivity index (χ4n) is 6.55. The summed E-state index contributed by atoms with van der Waals surface area (Å²) in [5.74, 6) is -0.338. The Kier molecular flexibility index (Phi) is 15.2. The Bertz CT molecular complexity index is 1500. The Balaban J connectivity index is 1.71. The molecule has 1 aromatic carbocycles. The van der Waals surface area contributed by atoms with E-state index in [0.29, 0.717) is 24.5 Å². The molecule has 290 valence electrons. The minimum atomic E-state index is -1.81. The van der Waals surface area contributed by atoms with Crippen LogP contribution in [0, 0.1) is 5.92 Å². The number of aliphatic hydroxyl groups is 1. The van der Waals surface area contributed by atoms with Crippen molar-refractivity contribution < 1.29 is 52.6 Å². The largest absolute Gasteiger partial charge is 0.495 e. The molecule has 0 spiro atoms. The number of anilines is 1. The Hall–Kier alpha value is -2.50. The third kappa shape index (κ3) is 10.2. The van der Waals surface area contributed by atoms with Gasteiger partial charge in [-0.15, -0.1) is 0 Å². The number of rotatable bonds is 12. The third-order valence-corrected chi connectivity index (χ3v) is 11.9. The minimum Gasteiger partial charge on any atom is -0.495 e. The maximum absolute atomic E-state index is 14.1. The summed E-state index contributed by atoms with van der Waals surface area (Å²) in [5.41, 5.74) is -0.811. The number of epoxide rings is 1. The van der Waals surface area contributed by atoms with E-state index < -0.39 is 65.7 Å². The number of halogens is 1. The number of ether oxygens (including phenoxy) is 7. The van der Waals surface area contributed by atoms with Gasteiger partial charge in [0.25, 0.3) is 0 Å². The lowest BCUT2D eigenvalue weighted by Crippen LogP contribution is -2.63. The smallest absolute Gasteiger partial charge is 0.409 e. The molecular formula is C36H51ClN2O11S2. The lowest BCUT2D eigenvalue weighted by atomic mass is 9.83. The van der Waals surface area contributed by atoms with E-state index in [1.54, 1.807) is 53.8 Å². The lowest BCUT2D eigenvalue weighted by molar-refractivity contribution is -0.168. The predicted molar refractivity (Wildman–Crippen MR) is 201 cm³/mol. The van der Waals surface area contributed by atoms with Gasteiger partial charge < -0.3 is 43.2 Å². The topological polar surface area (TPSA) is 155 Å². The summed E-state index contributed by atoms with van der Waals surface area (Å²) in [5, 5.41) is 14.5. The molecule has 2 amide bonds. The number of alkyl carbamates (subject to hydrolysis) is 1. The molecule has 2 fully saturated rings. The van der Waals surface area contributed by atoms with Gasteiger partial charge in [-0.2, -0.15) is 0 Å². The molecule has 52 heavy (non-hydrogen) atoms. The molecule has 13 nitrogen and oxygen atoms in total. The predicted octanol–water partition coefficient (Wildman–Crippen LogP) is 5.10. The van der Waals surface area contributed by atoms with E-state index in [1.165, 1.54) is 26.2 Å². The average Bonchev–Trinajstić information content (AvgIpc) is 3.80. The van der Waals surface area contributed by atoms with Gasteiger partial charge >= 0.3 is 12.1 Å². The van der Waals surface area contributed by atoms with E-state index in [1.807, 2.05) is 32.2 Å². The SMILES string of the molecule is COc1cc2cc(c1Cl)N(C)C(=O)C[C@H](OC(=O)C(COCCCSSC)OC)[C@]1(C)O[C@H]1[C@H](C)[C@@H]1C[C@@](O)(NC(=O)O1)[C@H](OC)/C=C/C=C(\C)C2. The second-order valence-electron chi connectivity index (χ2n) is 13.4. The molecule has 3 heterocycles. The van der Waals surface area contributed by atoms with E-state index in [9.17, 15) is 19.5 Å². The number of esters is 1. The van der Waals surface area contributed by atoms with Gasteiger partial charge in [-0.05, 0) is 50.6 Å². The van der Waals surface area contributed by atoms with Crippen LogP contribution in [0.1, 0.15) is 45.6 Å². The second-order valence-corrected chi connectivity index (χ2v) is 16.4. The molecule has 16 heteroatoms. The Morgan fingerprint density at radius 3 is 2.67 bits per heavy atom. The van der Waals surface area contributed by atoms with Crippen LogP contribution in [0.25, 0.3) is 0 Å². The van der Waals surface area contributed by atoms with E-state index in [2.05, 4.69) is 5.32 Å². The van der Waals surface area contributed by atoms with Crippen LogP contribution in [-0.2, 0) is 44.4 Å². The Morgan fingerprint density at radius 2 is 2.00 bits per heavy atom. The molecule has 1 unspecified atom stereocenters. The number of hydrogen-bond acceptors (Lipinski definition) is 13. The number of nitrogens with zero attached hydrogens (tertiary/aromatic N) is 1. The molecule has 0 aliphatic carbocycles. The van der Waals surface area contributed by atoms with Crippen LogP contribution in [0.4, 0.5) is 10.5 Å². The highest BCUT2D eigenvalue weighted by molar-refractivity contribution is 8.76. The van der Waals surface area contributed by atoms with E-state index >= 15 is 0 Å². The van der Waals surface area contributed by atoms with Crippen molar-refractivity contribution in [1.29, 1.82) is 0 Å². The van der Waals surface area contributed by atoms with Gasteiger partial charge in [0.15, 0.2) is 11.8 Å². The first-order chi connectivity index (χ1) is 24.7. The number of amides is 2. The highest BCUT2D eigenvalue weighted by Crippen LogP contribution is 2.49. The van der Waals surface area contributed by atoms with Crippen LogP contribution in [-0.4, -0.2) is 119 Å². The number of fused-ring (bicyclic) bond motifs is 5. The number of methoxy groups -OCH3 is 3. The van der Waals surface area contributed by atoms with Crippen LogP contribution in [0.3, 0.4) is 0 Å². The van der Waals surface area contributed by atoms with Gasteiger partial charge in [0, 0.05) is 46.0 Å². The minimum absolute atomic E-state index is 0.0316. The van der Waals surface area contributed by atoms with Crippen molar-refractivity contribution in [1.82, 2.24) is 5.32 Å². The van der Waals surface area contributed by atoms with Crippen molar-refractivity contribution in [3.8, 4) is 5.75 Å². The highest BCUT2D eigenvalue weighted by atomic mass is 35.5. The molecule has 3 aliphatic heterocycles. The van der Waals surface area contributed by atoms with Gasteiger partial charge in [0.05, 0.1) is 31.9 Å². The fourth-order valence-corrected chi connectivity index (χ4v) is 8.12. The number of carbonyl (C=O) groups is 3. The zero-order valence-electron chi connectivity index (χ0n) is 31.0. The van der Waals surface area contributed by atoms with Crippen molar-refractivity contribution in [3.63, 3.8) is 0 Å². The first kappa shape index (κ1) is 42.2. The van der Waals surface area contributed by atoms with Gasteiger partial charge in [-0.3, -0.25) is 10.1 Å². The van der Waals surface area contributed by atoms with Crippen LogP contribution >= 0.6 is 33.2 Å². The van der Waals surface area contributed by atoms with Crippen LogP contribution in [0.2, 0.25) is 5.02 Å². The van der Waals surface area contributed by atoms with E-state index in [-0.39, 0.29) is 24.5 Å². The number of hydrogen-bond donors (Lipinski definition) is 2. The lowest BCUT2D eigenvalue weighted by Gasteiger charge is -2.42. The molecule has 4 bridgehead atoms. The summed E-state index contributed by atoms with van der Waals surface area (Å²) >= 11 is 6.76. The van der Waals surface area contributed by atoms with E-state index in [4.69, 9.17) is 44.8 Å². The normalized spacial score (nSPS) is 31.7. The molecule has 8 atom stereocenters. The zero-order valence-corrected chi connectivity index (χ0v) is 33.4. The maximum atomic E-state index is 14.1. The van der Waals surface area contributed by atoms with Crippen LogP contribution < -0.4 is 15.0 Å². The van der Waals surface area contributed by atoms with Gasteiger partial charge in [0.1, 0.15) is 34.7 Å². The summed E-state index contributed by atoms with van der Waals surface area (Å²) in [4.78, 5) is 41.9.